The van der Waals surface area contributed by atoms with Gasteiger partial charge in [-0.05, 0) is 138 Å². The Balaban J connectivity index is 0.934. The van der Waals surface area contributed by atoms with Gasteiger partial charge >= 0.3 is 0 Å². The van der Waals surface area contributed by atoms with Gasteiger partial charge < -0.3 is 9.32 Å². The first-order chi connectivity index (χ1) is 33.2. The molecule has 0 radical (unpaired) electrons. The molecule has 0 fully saturated rings. The van der Waals surface area contributed by atoms with Crippen molar-refractivity contribution in [1.82, 2.24) is 0 Å². The average molecular weight is 854 g/mol. The standard InChI is InChI=1S/C65H43NO/c1-3-21-50(22-4-1)65(51-23-5-2-6-24-51)61-30-11-9-27-57(61)58-38-34-48(42-62(58)65)44-32-35-52(36-33-44)66(54-37-39-64-60(43-54)59-28-10-12-31-63(59)67-64)53-25-14-19-47(41-53)46-18-13-20-49(40-46)56-29-15-17-45-16-7-8-26-55(45)56/h1-43H. The Hall–Kier alpha value is -8.72. The van der Waals surface area contributed by atoms with Crippen LogP contribution in [0.5, 0.6) is 0 Å². The highest BCUT2D eigenvalue weighted by atomic mass is 16.3. The van der Waals surface area contributed by atoms with Crippen LogP contribution in [0.4, 0.5) is 17.1 Å². The Morgan fingerprint density at radius 3 is 1.66 bits per heavy atom. The van der Waals surface area contributed by atoms with Crippen LogP contribution in [-0.4, -0.2) is 0 Å². The zero-order valence-electron chi connectivity index (χ0n) is 36.7. The van der Waals surface area contributed by atoms with Crippen molar-refractivity contribution in [1.29, 1.82) is 0 Å². The fourth-order valence-corrected chi connectivity index (χ4v) is 10.9. The topological polar surface area (TPSA) is 16.4 Å². The Morgan fingerprint density at radius 1 is 0.284 bits per heavy atom. The van der Waals surface area contributed by atoms with E-state index in [9.17, 15) is 0 Å². The number of benzene rings is 11. The van der Waals surface area contributed by atoms with E-state index in [1.165, 1.54) is 66.4 Å². The summed E-state index contributed by atoms with van der Waals surface area (Å²) >= 11 is 0. The molecule has 0 atom stereocenters. The van der Waals surface area contributed by atoms with Gasteiger partial charge in [-0.25, -0.2) is 0 Å². The molecule has 2 heteroatoms. The molecule has 314 valence electrons. The van der Waals surface area contributed by atoms with Crippen LogP contribution >= 0.6 is 0 Å². The molecule has 0 amide bonds. The number of anilines is 3. The van der Waals surface area contributed by atoms with Crippen LogP contribution in [0.3, 0.4) is 0 Å². The van der Waals surface area contributed by atoms with Crippen molar-refractivity contribution in [3.8, 4) is 44.5 Å². The Labute approximate surface area is 390 Å². The van der Waals surface area contributed by atoms with Crippen LogP contribution in [0.1, 0.15) is 22.3 Å². The van der Waals surface area contributed by atoms with Crippen LogP contribution in [-0.2, 0) is 5.41 Å². The molecule has 1 aliphatic carbocycles. The highest BCUT2D eigenvalue weighted by molar-refractivity contribution is 6.06. The molecule has 67 heavy (non-hydrogen) atoms. The van der Waals surface area contributed by atoms with Gasteiger partial charge in [-0.15, -0.1) is 0 Å². The monoisotopic (exact) mass is 853 g/mol. The first-order valence-corrected chi connectivity index (χ1v) is 23.1. The summed E-state index contributed by atoms with van der Waals surface area (Å²) in [5.74, 6) is 0. The molecule has 0 unspecified atom stereocenters. The lowest BCUT2D eigenvalue weighted by Gasteiger charge is -2.34. The zero-order valence-corrected chi connectivity index (χ0v) is 36.7. The minimum absolute atomic E-state index is 0.462. The Bertz CT molecular complexity index is 3760. The number of fused-ring (bicyclic) bond motifs is 7. The van der Waals surface area contributed by atoms with Crippen molar-refractivity contribution in [2.75, 3.05) is 4.90 Å². The molecule has 0 spiro atoms. The quantitative estimate of drug-likeness (QED) is 0.151. The van der Waals surface area contributed by atoms with E-state index in [1.54, 1.807) is 0 Å². The number of furan rings is 1. The van der Waals surface area contributed by atoms with E-state index in [1.807, 2.05) is 12.1 Å². The summed E-state index contributed by atoms with van der Waals surface area (Å²) in [6.07, 6.45) is 0. The van der Waals surface area contributed by atoms with Gasteiger partial charge in [-0.1, -0.05) is 200 Å². The van der Waals surface area contributed by atoms with E-state index in [4.69, 9.17) is 4.42 Å². The lowest BCUT2D eigenvalue weighted by molar-refractivity contribution is 0.669. The van der Waals surface area contributed by atoms with Crippen LogP contribution in [0.2, 0.25) is 0 Å². The van der Waals surface area contributed by atoms with Gasteiger partial charge in [0.2, 0.25) is 0 Å². The molecule has 0 N–H and O–H groups in total. The van der Waals surface area contributed by atoms with E-state index in [-0.39, 0.29) is 0 Å². The summed E-state index contributed by atoms with van der Waals surface area (Å²) in [5, 5.41) is 4.69. The minimum Gasteiger partial charge on any atom is -0.456 e. The van der Waals surface area contributed by atoms with Crippen molar-refractivity contribution in [2.45, 2.75) is 5.41 Å². The molecule has 12 aromatic rings. The summed E-state index contributed by atoms with van der Waals surface area (Å²) in [5.41, 5.74) is 19.3. The Kier molecular flexibility index (Phi) is 9.11. The zero-order chi connectivity index (χ0) is 44.3. The van der Waals surface area contributed by atoms with E-state index in [0.29, 0.717) is 0 Å². The summed E-state index contributed by atoms with van der Waals surface area (Å²) in [6, 6.07) is 95.1. The smallest absolute Gasteiger partial charge is 0.135 e. The first kappa shape index (κ1) is 38.7. The van der Waals surface area contributed by atoms with Crippen molar-refractivity contribution in [3.63, 3.8) is 0 Å². The molecule has 11 aromatic carbocycles. The Morgan fingerprint density at radius 2 is 0.836 bits per heavy atom. The van der Waals surface area contributed by atoms with Gasteiger partial charge in [0.25, 0.3) is 0 Å². The largest absolute Gasteiger partial charge is 0.456 e. The van der Waals surface area contributed by atoms with E-state index in [2.05, 4.69) is 254 Å². The average Bonchev–Trinajstić information content (AvgIpc) is 3.93. The molecular formula is C65H43NO. The maximum Gasteiger partial charge on any atom is 0.135 e. The second kappa shape index (κ2) is 15.8. The fraction of sp³-hybridized carbons (Fsp3) is 0.0154. The summed E-state index contributed by atoms with van der Waals surface area (Å²) < 4.78 is 6.32. The molecule has 1 aromatic heterocycles. The highest BCUT2D eigenvalue weighted by Crippen LogP contribution is 2.57. The van der Waals surface area contributed by atoms with E-state index < -0.39 is 5.41 Å². The van der Waals surface area contributed by atoms with Crippen molar-refractivity contribution in [3.05, 3.63) is 283 Å². The molecule has 0 bridgehead atoms. The predicted octanol–water partition coefficient (Wildman–Crippen LogP) is 17.6. The minimum atomic E-state index is -0.462. The number of nitrogens with zero attached hydrogens (tertiary/aromatic N) is 1. The summed E-state index contributed by atoms with van der Waals surface area (Å²) in [6.45, 7) is 0. The second-order valence-electron chi connectivity index (χ2n) is 17.6. The lowest BCUT2D eigenvalue weighted by Crippen LogP contribution is -2.28. The third-order valence-electron chi connectivity index (χ3n) is 13.9. The number of rotatable bonds is 8. The van der Waals surface area contributed by atoms with E-state index >= 15 is 0 Å². The van der Waals surface area contributed by atoms with Crippen molar-refractivity contribution < 1.29 is 4.42 Å². The number of para-hydroxylation sites is 1. The van der Waals surface area contributed by atoms with Crippen LogP contribution < -0.4 is 4.90 Å². The van der Waals surface area contributed by atoms with Crippen LogP contribution in [0.25, 0.3) is 77.2 Å². The number of hydrogen-bond donors (Lipinski definition) is 0. The highest BCUT2D eigenvalue weighted by Gasteiger charge is 2.46. The van der Waals surface area contributed by atoms with Gasteiger partial charge in [0, 0.05) is 27.8 Å². The third-order valence-corrected chi connectivity index (χ3v) is 13.9. The molecule has 0 aliphatic heterocycles. The lowest BCUT2D eigenvalue weighted by atomic mass is 9.67. The van der Waals surface area contributed by atoms with E-state index in [0.717, 1.165) is 50.1 Å². The second-order valence-corrected chi connectivity index (χ2v) is 17.6. The molecule has 0 saturated carbocycles. The molecule has 1 aliphatic rings. The van der Waals surface area contributed by atoms with Gasteiger partial charge in [0.1, 0.15) is 11.2 Å². The van der Waals surface area contributed by atoms with Gasteiger partial charge in [-0.2, -0.15) is 0 Å². The summed E-state index contributed by atoms with van der Waals surface area (Å²) in [4.78, 5) is 2.37. The van der Waals surface area contributed by atoms with Crippen LogP contribution in [0.15, 0.2) is 265 Å². The van der Waals surface area contributed by atoms with Crippen molar-refractivity contribution in [2.24, 2.45) is 0 Å². The van der Waals surface area contributed by atoms with Crippen molar-refractivity contribution >= 4 is 49.8 Å². The van der Waals surface area contributed by atoms with Gasteiger partial charge in [0.15, 0.2) is 0 Å². The SMILES string of the molecule is c1ccc(C2(c3ccccc3)c3ccccc3-c3ccc(-c4ccc(N(c5cccc(-c6cccc(-c7cccc8ccccc78)c6)c5)c5ccc6oc7ccccc7c6c5)cc4)cc32)cc1. The molecule has 13 rings (SSSR count). The summed E-state index contributed by atoms with van der Waals surface area (Å²) in [7, 11) is 0. The third kappa shape index (κ3) is 6.33. The first-order valence-electron chi connectivity index (χ1n) is 23.1. The molecule has 1 heterocycles. The maximum atomic E-state index is 6.32. The molecule has 2 nitrogen and oxygen atoms in total. The molecular weight excluding hydrogens is 811 g/mol. The maximum absolute atomic E-state index is 6.32. The molecule has 0 saturated heterocycles. The number of hydrogen-bond acceptors (Lipinski definition) is 2. The van der Waals surface area contributed by atoms with Crippen LogP contribution in [0, 0.1) is 0 Å². The fourth-order valence-electron chi connectivity index (χ4n) is 10.9. The van der Waals surface area contributed by atoms with Gasteiger partial charge in [-0.3, -0.25) is 0 Å². The normalized spacial score (nSPS) is 12.6. The van der Waals surface area contributed by atoms with Gasteiger partial charge in [0.05, 0.1) is 5.41 Å². The predicted molar refractivity (Wildman–Crippen MR) is 280 cm³/mol.